The molecule has 5 rings (SSSR count). The van der Waals surface area contributed by atoms with Gasteiger partial charge in [-0.1, -0.05) is 35.9 Å². The summed E-state index contributed by atoms with van der Waals surface area (Å²) >= 11 is 1.60. The minimum absolute atomic E-state index is 0.0125. The van der Waals surface area contributed by atoms with Gasteiger partial charge in [0.2, 0.25) is 11.8 Å². The highest BCUT2D eigenvalue weighted by Gasteiger charge is 2.41. The number of nitrogens with zero attached hydrogens (tertiary/aromatic N) is 3. The molecular formula is C27H28N4O2S. The van der Waals surface area contributed by atoms with Gasteiger partial charge < -0.3 is 14.8 Å². The number of anilines is 1. The number of para-hydroxylation sites is 2. The summed E-state index contributed by atoms with van der Waals surface area (Å²) in [5.74, 6) is -0.205. The van der Waals surface area contributed by atoms with Crippen LogP contribution >= 0.6 is 11.3 Å². The van der Waals surface area contributed by atoms with Gasteiger partial charge in [0, 0.05) is 30.1 Å². The Labute approximate surface area is 203 Å². The number of nitrogens with one attached hydrogen (secondary N) is 1. The average molecular weight is 473 g/mol. The van der Waals surface area contributed by atoms with E-state index in [0.717, 1.165) is 40.1 Å². The molecule has 1 fully saturated rings. The number of aromatic nitrogens is 2. The van der Waals surface area contributed by atoms with E-state index >= 15 is 0 Å². The van der Waals surface area contributed by atoms with Crippen molar-refractivity contribution in [2.75, 3.05) is 11.4 Å². The molecular weight excluding hydrogens is 444 g/mol. The summed E-state index contributed by atoms with van der Waals surface area (Å²) in [6.45, 7) is 3.40. The molecule has 2 aromatic heterocycles. The predicted molar refractivity (Wildman–Crippen MR) is 136 cm³/mol. The number of amides is 2. The number of fused-ring (bicyclic) bond motifs is 1. The molecule has 2 aromatic carbocycles. The zero-order valence-corrected chi connectivity index (χ0v) is 20.0. The summed E-state index contributed by atoms with van der Waals surface area (Å²) in [6.07, 6.45) is 3.59. The van der Waals surface area contributed by atoms with E-state index < -0.39 is 0 Å². The molecule has 174 valence electrons. The average Bonchev–Trinajstić information content (AvgIpc) is 3.53. The summed E-state index contributed by atoms with van der Waals surface area (Å²) < 4.78 is 2.12. The molecule has 0 radical (unpaired) electrons. The summed E-state index contributed by atoms with van der Waals surface area (Å²) in [7, 11) is 0. The van der Waals surface area contributed by atoms with Crippen molar-refractivity contribution in [1.82, 2.24) is 14.9 Å². The first-order valence-electron chi connectivity index (χ1n) is 11.7. The Hall–Kier alpha value is -3.45. The number of imidazole rings is 1. The number of piperidine rings is 1. The lowest BCUT2D eigenvalue weighted by molar-refractivity contribution is -0.129. The normalized spacial score (nSPS) is 18.4. The number of hydrogen-bond donors (Lipinski definition) is 1. The third kappa shape index (κ3) is 4.48. The summed E-state index contributed by atoms with van der Waals surface area (Å²) in [6, 6.07) is 19.8. The number of benzene rings is 2. The predicted octanol–water partition coefficient (Wildman–Crippen LogP) is 5.10. The second kappa shape index (κ2) is 9.81. The molecule has 1 aliphatic heterocycles. The first-order chi connectivity index (χ1) is 16.6. The quantitative estimate of drug-likeness (QED) is 0.381. The number of hydrogen-bond acceptors (Lipinski definition) is 4. The van der Waals surface area contributed by atoms with Gasteiger partial charge in [-0.3, -0.25) is 9.59 Å². The molecule has 1 aliphatic rings. The zero-order valence-electron chi connectivity index (χ0n) is 19.2. The van der Waals surface area contributed by atoms with Crippen LogP contribution in [-0.4, -0.2) is 27.9 Å². The smallest absolute Gasteiger partial charge is 0.227 e. The Bertz CT molecular complexity index is 1280. The molecule has 4 aromatic rings. The Morgan fingerprint density at radius 3 is 2.74 bits per heavy atom. The molecule has 0 bridgehead atoms. The van der Waals surface area contributed by atoms with Gasteiger partial charge in [0.05, 0.1) is 29.3 Å². The Balaban J connectivity index is 1.29. The van der Waals surface area contributed by atoms with E-state index in [1.165, 1.54) is 0 Å². The Morgan fingerprint density at radius 2 is 1.94 bits per heavy atom. The molecule has 0 aliphatic carbocycles. The van der Waals surface area contributed by atoms with E-state index in [1.807, 2.05) is 78.1 Å². The highest BCUT2D eigenvalue weighted by molar-refractivity contribution is 7.10. The number of carbonyl (C=O) groups excluding carboxylic acids is 2. The monoisotopic (exact) mass is 472 g/mol. The summed E-state index contributed by atoms with van der Waals surface area (Å²) in [5.41, 5.74) is 4.07. The SMILES string of the molecule is Cc1ccc(N2C(=O)CCC(C(=O)NCCCn3cnc4ccccc43)C2c2cccs2)cc1. The van der Waals surface area contributed by atoms with Crippen molar-refractivity contribution in [2.24, 2.45) is 5.92 Å². The van der Waals surface area contributed by atoms with Crippen molar-refractivity contribution < 1.29 is 9.59 Å². The lowest BCUT2D eigenvalue weighted by atomic mass is 9.86. The number of thiophene rings is 1. The fraction of sp³-hybridized carbons (Fsp3) is 0.296. The van der Waals surface area contributed by atoms with E-state index in [-0.39, 0.29) is 23.8 Å². The highest BCUT2D eigenvalue weighted by atomic mass is 32.1. The lowest BCUT2D eigenvalue weighted by Gasteiger charge is -2.40. The second-order valence-corrected chi connectivity index (χ2v) is 9.76. The Kier molecular flexibility index (Phi) is 6.45. The minimum atomic E-state index is -0.290. The third-order valence-corrected chi connectivity index (χ3v) is 7.43. The van der Waals surface area contributed by atoms with Crippen LogP contribution in [0, 0.1) is 12.8 Å². The standard InChI is InChI=1S/C27H28N4O2S/c1-19-9-11-20(12-10-19)31-25(32)14-13-21(26(31)24-8-4-17-34-24)27(33)28-15-5-16-30-18-29-22-6-2-3-7-23(22)30/h2-4,6-12,17-18,21,26H,5,13-16H2,1H3,(H,28,33). The number of rotatable bonds is 7. The van der Waals surface area contributed by atoms with Gasteiger partial charge in [-0.15, -0.1) is 11.3 Å². The molecule has 2 amide bonds. The number of aryl methyl sites for hydroxylation is 2. The van der Waals surface area contributed by atoms with Crippen molar-refractivity contribution in [2.45, 2.75) is 38.8 Å². The molecule has 2 unspecified atom stereocenters. The topological polar surface area (TPSA) is 67.2 Å². The van der Waals surface area contributed by atoms with Crippen LogP contribution in [0.25, 0.3) is 11.0 Å². The van der Waals surface area contributed by atoms with E-state index in [2.05, 4.69) is 20.9 Å². The van der Waals surface area contributed by atoms with Gasteiger partial charge in [-0.25, -0.2) is 4.98 Å². The molecule has 0 spiro atoms. The van der Waals surface area contributed by atoms with E-state index in [4.69, 9.17) is 0 Å². The lowest BCUT2D eigenvalue weighted by Crippen LogP contribution is -2.48. The second-order valence-electron chi connectivity index (χ2n) is 8.78. The van der Waals surface area contributed by atoms with Gasteiger partial charge in [-0.05, 0) is 55.5 Å². The van der Waals surface area contributed by atoms with Crippen LogP contribution in [0.3, 0.4) is 0 Å². The molecule has 6 nitrogen and oxygen atoms in total. The third-order valence-electron chi connectivity index (χ3n) is 6.48. The van der Waals surface area contributed by atoms with Crippen LogP contribution in [-0.2, 0) is 16.1 Å². The van der Waals surface area contributed by atoms with E-state index in [9.17, 15) is 9.59 Å². The van der Waals surface area contributed by atoms with E-state index in [1.54, 1.807) is 11.3 Å². The van der Waals surface area contributed by atoms with E-state index in [0.29, 0.717) is 19.4 Å². The van der Waals surface area contributed by atoms with Gasteiger partial charge in [0.15, 0.2) is 0 Å². The summed E-state index contributed by atoms with van der Waals surface area (Å²) in [5, 5.41) is 5.15. The maximum Gasteiger partial charge on any atom is 0.227 e. The van der Waals surface area contributed by atoms with Crippen LogP contribution in [0.15, 0.2) is 72.4 Å². The van der Waals surface area contributed by atoms with Crippen LogP contribution < -0.4 is 10.2 Å². The largest absolute Gasteiger partial charge is 0.356 e. The van der Waals surface area contributed by atoms with Crippen molar-refractivity contribution >= 4 is 39.9 Å². The molecule has 7 heteroatoms. The van der Waals surface area contributed by atoms with Crippen molar-refractivity contribution in [3.8, 4) is 0 Å². The fourth-order valence-electron chi connectivity index (χ4n) is 4.74. The van der Waals surface area contributed by atoms with Gasteiger partial charge in [0.1, 0.15) is 0 Å². The molecule has 1 N–H and O–H groups in total. The zero-order chi connectivity index (χ0) is 23.5. The van der Waals surface area contributed by atoms with Gasteiger partial charge in [0.25, 0.3) is 0 Å². The molecule has 3 heterocycles. The van der Waals surface area contributed by atoms with Crippen LogP contribution in [0.4, 0.5) is 5.69 Å². The highest BCUT2D eigenvalue weighted by Crippen LogP contribution is 2.41. The fourth-order valence-corrected chi connectivity index (χ4v) is 5.62. The van der Waals surface area contributed by atoms with Crippen molar-refractivity contribution in [1.29, 1.82) is 0 Å². The summed E-state index contributed by atoms with van der Waals surface area (Å²) in [4.78, 5) is 33.7. The van der Waals surface area contributed by atoms with Crippen LogP contribution in [0.5, 0.6) is 0 Å². The molecule has 1 saturated heterocycles. The van der Waals surface area contributed by atoms with Crippen LogP contribution in [0.1, 0.15) is 35.7 Å². The van der Waals surface area contributed by atoms with Gasteiger partial charge >= 0.3 is 0 Å². The van der Waals surface area contributed by atoms with Gasteiger partial charge in [-0.2, -0.15) is 0 Å². The molecule has 34 heavy (non-hydrogen) atoms. The minimum Gasteiger partial charge on any atom is -0.356 e. The molecule has 2 atom stereocenters. The first kappa shape index (κ1) is 22.3. The number of carbonyl (C=O) groups is 2. The van der Waals surface area contributed by atoms with Crippen molar-refractivity contribution in [3.63, 3.8) is 0 Å². The Morgan fingerprint density at radius 1 is 1.12 bits per heavy atom. The molecule has 0 saturated carbocycles. The van der Waals surface area contributed by atoms with Crippen LogP contribution in [0.2, 0.25) is 0 Å². The maximum atomic E-state index is 13.4. The first-order valence-corrected chi connectivity index (χ1v) is 12.6. The maximum absolute atomic E-state index is 13.4. The van der Waals surface area contributed by atoms with Crippen molar-refractivity contribution in [3.05, 3.63) is 82.8 Å².